The number of primary sulfonamides is 1. The first-order chi connectivity index (χ1) is 12.8. The van der Waals surface area contributed by atoms with Crippen molar-refractivity contribution in [1.82, 2.24) is 20.2 Å². The first-order valence-electron chi connectivity index (χ1n) is 7.99. The summed E-state index contributed by atoms with van der Waals surface area (Å²) in [5.41, 5.74) is 1.50. The summed E-state index contributed by atoms with van der Waals surface area (Å²) in [6, 6.07) is 6.27. The van der Waals surface area contributed by atoms with Gasteiger partial charge in [0.1, 0.15) is 9.92 Å². The van der Waals surface area contributed by atoms with Crippen LogP contribution in [0.25, 0.3) is 11.4 Å². The Bertz CT molecular complexity index is 1140. The van der Waals surface area contributed by atoms with E-state index in [1.54, 1.807) is 6.07 Å². The number of nitrogens with zero attached hydrogens (tertiary/aromatic N) is 3. The number of aromatic nitrogens is 4. The summed E-state index contributed by atoms with van der Waals surface area (Å²) in [7, 11) is -3.97. The summed E-state index contributed by atoms with van der Waals surface area (Å²) < 4.78 is 23.3. The molecular formula is C16H22Cl2N6O2S. The molecule has 1 aliphatic rings. The molecule has 11 heteroatoms. The van der Waals surface area contributed by atoms with Crippen LogP contribution in [0.4, 0.5) is 11.6 Å². The van der Waals surface area contributed by atoms with Crippen LogP contribution in [-0.2, 0) is 10.0 Å². The van der Waals surface area contributed by atoms with E-state index in [2.05, 4.69) is 25.5 Å². The van der Waals surface area contributed by atoms with Gasteiger partial charge in [-0.15, -0.1) is 0 Å². The van der Waals surface area contributed by atoms with Crippen molar-refractivity contribution in [3.8, 4) is 11.4 Å². The number of benzene rings is 1. The fourth-order valence-electron chi connectivity index (χ4n) is 2.58. The number of hydrogen-bond acceptors (Lipinski definition) is 6. The number of nitrogens with one attached hydrogen (secondary N) is 2. The molecule has 1 aromatic carbocycles. The second-order valence-corrected chi connectivity index (χ2v) is 8.53. The fraction of sp³-hybridized carbons (Fsp3) is 0.188. The Hall–Kier alpha value is -2.20. The van der Waals surface area contributed by atoms with Crippen molar-refractivity contribution in [1.29, 1.82) is 0 Å². The first-order valence-corrected chi connectivity index (χ1v) is 10.3. The molecular weight excluding hydrogens is 411 g/mol. The highest BCUT2D eigenvalue weighted by molar-refractivity contribution is 7.89. The molecule has 148 valence electrons. The highest BCUT2D eigenvalue weighted by Crippen LogP contribution is 2.40. The lowest BCUT2D eigenvalue weighted by atomic mass is 10.2. The number of hydrogen-bond donors (Lipinski definition) is 3. The molecule has 4 N–H and O–H groups in total. The Morgan fingerprint density at radius 1 is 1.22 bits per heavy atom. The number of aromatic amines is 1. The monoisotopic (exact) mass is 432 g/mol. The summed E-state index contributed by atoms with van der Waals surface area (Å²) >= 11 is 12.1. The van der Waals surface area contributed by atoms with Gasteiger partial charge in [0.05, 0.1) is 11.2 Å². The number of nitrogens with two attached hydrogens (primary N) is 1. The van der Waals surface area contributed by atoms with Gasteiger partial charge in [-0.25, -0.2) is 23.5 Å². The van der Waals surface area contributed by atoms with Crippen LogP contribution in [0, 0.1) is 0 Å². The molecule has 0 amide bonds. The van der Waals surface area contributed by atoms with Crippen LogP contribution in [0.5, 0.6) is 0 Å². The number of halogens is 2. The van der Waals surface area contributed by atoms with Crippen LogP contribution in [0.2, 0.25) is 10.0 Å². The van der Waals surface area contributed by atoms with Gasteiger partial charge in [-0.2, -0.15) is 5.10 Å². The van der Waals surface area contributed by atoms with E-state index >= 15 is 0 Å². The first kappa shape index (κ1) is 18.2. The largest absolute Gasteiger partial charge is 0.322 e. The van der Waals surface area contributed by atoms with E-state index in [1.165, 1.54) is 18.3 Å². The van der Waals surface area contributed by atoms with E-state index in [9.17, 15) is 8.42 Å². The normalized spacial score (nSPS) is 14.3. The number of rotatable bonds is 5. The maximum absolute atomic E-state index is 11.7. The maximum Gasteiger partial charge on any atom is 0.239 e. The van der Waals surface area contributed by atoms with Gasteiger partial charge in [-0.1, -0.05) is 23.2 Å². The molecule has 8 nitrogen and oxygen atoms in total. The van der Waals surface area contributed by atoms with Gasteiger partial charge >= 0.3 is 0 Å². The molecule has 2 aromatic heterocycles. The average molecular weight is 433 g/mol. The molecule has 4 rings (SSSR count). The van der Waals surface area contributed by atoms with E-state index in [0.29, 0.717) is 28.1 Å². The Morgan fingerprint density at radius 3 is 2.70 bits per heavy atom. The SMILES string of the molecule is NS(=O)(=O)c1cc(-c2ncc(Cl)c(Nc3cc(C4CC4)[nH]n3)n2)ccc1Cl.[HH].[HH].[HH].[HH]. The molecule has 3 aromatic rings. The third kappa shape index (κ3) is 3.91. The maximum atomic E-state index is 11.7. The Kier molecular flexibility index (Phi) is 4.55. The lowest BCUT2D eigenvalue weighted by Crippen LogP contribution is -2.13. The molecule has 2 heterocycles. The van der Waals surface area contributed by atoms with Crippen LogP contribution in [-0.4, -0.2) is 28.6 Å². The van der Waals surface area contributed by atoms with E-state index < -0.39 is 10.0 Å². The summed E-state index contributed by atoms with van der Waals surface area (Å²) in [6.07, 6.45) is 3.73. The minimum absolute atomic E-state index is 0. The summed E-state index contributed by atoms with van der Waals surface area (Å²) in [4.78, 5) is 8.33. The van der Waals surface area contributed by atoms with Crippen molar-refractivity contribution in [2.75, 3.05) is 5.32 Å². The quantitative estimate of drug-likeness (QED) is 0.547. The fourth-order valence-corrected chi connectivity index (χ4v) is 3.79. The van der Waals surface area contributed by atoms with Crippen LogP contribution in [0.15, 0.2) is 35.4 Å². The van der Waals surface area contributed by atoms with Gasteiger partial charge in [-0.05, 0) is 31.0 Å². The van der Waals surface area contributed by atoms with E-state index in [4.69, 9.17) is 28.3 Å². The highest BCUT2D eigenvalue weighted by atomic mass is 35.5. The second kappa shape index (κ2) is 6.75. The molecule has 0 saturated heterocycles. The van der Waals surface area contributed by atoms with Crippen LogP contribution in [0.1, 0.15) is 30.2 Å². The van der Waals surface area contributed by atoms with Crippen molar-refractivity contribution in [3.63, 3.8) is 0 Å². The zero-order valence-electron chi connectivity index (χ0n) is 13.8. The Labute approximate surface area is 171 Å². The van der Waals surface area contributed by atoms with Gasteiger partial charge in [-0.3, -0.25) is 5.10 Å². The smallest absolute Gasteiger partial charge is 0.239 e. The van der Waals surface area contributed by atoms with E-state index in [0.717, 1.165) is 18.5 Å². The minimum atomic E-state index is -3.97. The predicted octanol–water partition coefficient (Wildman–Crippen LogP) is 4.43. The molecule has 0 unspecified atom stereocenters. The molecule has 0 radical (unpaired) electrons. The lowest BCUT2D eigenvalue weighted by molar-refractivity contribution is 0.598. The number of H-pyrrole nitrogens is 1. The molecule has 1 saturated carbocycles. The summed E-state index contributed by atoms with van der Waals surface area (Å²) in [5, 5.41) is 15.8. The lowest BCUT2D eigenvalue weighted by Gasteiger charge is -2.08. The Balaban J connectivity index is 0.00000225. The topological polar surface area (TPSA) is 127 Å². The van der Waals surface area contributed by atoms with Crippen LogP contribution < -0.4 is 10.5 Å². The average Bonchev–Trinajstić information content (AvgIpc) is 3.36. The summed E-state index contributed by atoms with van der Waals surface area (Å²) in [6.45, 7) is 0. The van der Waals surface area contributed by atoms with Crippen molar-refractivity contribution in [2.45, 2.75) is 23.7 Å². The van der Waals surface area contributed by atoms with Crippen molar-refractivity contribution >= 4 is 44.9 Å². The highest BCUT2D eigenvalue weighted by Gasteiger charge is 2.25. The van der Waals surface area contributed by atoms with Crippen molar-refractivity contribution < 1.29 is 14.1 Å². The van der Waals surface area contributed by atoms with Gasteiger partial charge in [0, 0.05) is 28.9 Å². The second-order valence-electron chi connectivity index (χ2n) is 6.19. The minimum Gasteiger partial charge on any atom is -0.322 e. The molecule has 27 heavy (non-hydrogen) atoms. The number of anilines is 2. The van der Waals surface area contributed by atoms with Gasteiger partial charge in [0.15, 0.2) is 17.5 Å². The molecule has 1 fully saturated rings. The van der Waals surface area contributed by atoms with E-state index in [1.807, 2.05) is 6.07 Å². The van der Waals surface area contributed by atoms with Crippen molar-refractivity contribution in [3.05, 3.63) is 46.2 Å². The zero-order chi connectivity index (χ0) is 19.2. The molecule has 1 aliphatic carbocycles. The predicted molar refractivity (Wildman–Crippen MR) is 111 cm³/mol. The van der Waals surface area contributed by atoms with Gasteiger partial charge in [0.25, 0.3) is 0 Å². The summed E-state index contributed by atoms with van der Waals surface area (Å²) in [5.74, 6) is 1.74. The third-order valence-corrected chi connectivity index (χ3v) is 5.77. The van der Waals surface area contributed by atoms with E-state index in [-0.39, 0.29) is 21.4 Å². The standard InChI is InChI=1S/C16H14Cl2N6O2S.4H2/c17-10-4-3-9(5-13(10)27(19,25)26)15-20-7-11(18)16(22-15)21-14-6-12(23-24-14)8-1-2-8;;;;/h3-8H,1-2H2,(H2,19,25,26)(H2,20,21,22,23,24);4*1H. The van der Waals surface area contributed by atoms with Crippen LogP contribution in [0.3, 0.4) is 0 Å². The molecule has 0 atom stereocenters. The molecule has 0 bridgehead atoms. The molecule has 0 aliphatic heterocycles. The molecule has 0 spiro atoms. The van der Waals surface area contributed by atoms with Crippen molar-refractivity contribution in [2.24, 2.45) is 5.14 Å². The third-order valence-electron chi connectivity index (χ3n) is 4.10. The van der Waals surface area contributed by atoms with Crippen LogP contribution >= 0.6 is 23.2 Å². The Morgan fingerprint density at radius 2 is 2.00 bits per heavy atom. The zero-order valence-corrected chi connectivity index (χ0v) is 16.1. The number of sulfonamides is 1. The van der Waals surface area contributed by atoms with Gasteiger partial charge in [0.2, 0.25) is 10.0 Å². The van der Waals surface area contributed by atoms with Gasteiger partial charge < -0.3 is 5.32 Å².